The molecular formula is C27H33N3O5. The second-order valence-electron chi connectivity index (χ2n) is 9.69. The van der Waals surface area contributed by atoms with Crippen LogP contribution in [0.2, 0.25) is 0 Å². The molecule has 0 radical (unpaired) electrons. The zero-order chi connectivity index (χ0) is 24.5. The quantitative estimate of drug-likeness (QED) is 0.718. The maximum absolute atomic E-state index is 13.4. The fraction of sp³-hybridized carbons (Fsp3) is 0.481. The van der Waals surface area contributed by atoms with Crippen LogP contribution in [-0.2, 0) is 4.79 Å². The first-order valence-electron chi connectivity index (χ1n) is 12.4. The van der Waals surface area contributed by atoms with Crippen LogP contribution in [0, 0.1) is 12.8 Å². The summed E-state index contributed by atoms with van der Waals surface area (Å²) in [6.45, 7) is 8.67. The second-order valence-corrected chi connectivity index (χ2v) is 9.69. The number of rotatable bonds is 3. The van der Waals surface area contributed by atoms with Crippen LogP contribution in [-0.4, -0.2) is 55.8 Å². The molecule has 35 heavy (non-hydrogen) atoms. The van der Waals surface area contributed by atoms with Gasteiger partial charge in [-0.3, -0.25) is 9.69 Å². The van der Waals surface area contributed by atoms with E-state index in [1.807, 2.05) is 67.0 Å². The standard InChI is InChI=1S/C27H33N3O5/c1-17-4-6-23-22(14-17)30(16-18(2)35-23)27(32)29-10-8-20(9-11-29)26(31)28-19(3)21-5-7-24-25(15-21)34-13-12-33-24/h4-7,14-15,18-20H,8-13,16H2,1-3H3,(H,28,31). The Balaban J connectivity index is 1.18. The highest BCUT2D eigenvalue weighted by atomic mass is 16.6. The van der Waals surface area contributed by atoms with Crippen LogP contribution in [0.5, 0.6) is 17.2 Å². The van der Waals surface area contributed by atoms with Crippen molar-refractivity contribution in [3.63, 3.8) is 0 Å². The maximum atomic E-state index is 13.4. The maximum Gasteiger partial charge on any atom is 0.324 e. The molecule has 0 bridgehead atoms. The van der Waals surface area contributed by atoms with Gasteiger partial charge in [-0.2, -0.15) is 0 Å². The molecule has 3 aliphatic rings. The number of nitrogens with one attached hydrogen (secondary N) is 1. The van der Waals surface area contributed by atoms with Crippen molar-refractivity contribution < 1.29 is 23.8 Å². The lowest BCUT2D eigenvalue weighted by Gasteiger charge is -2.39. The van der Waals surface area contributed by atoms with E-state index in [0.29, 0.717) is 45.7 Å². The molecule has 2 unspecified atom stereocenters. The van der Waals surface area contributed by atoms with Crippen molar-refractivity contribution in [2.45, 2.75) is 45.8 Å². The molecule has 8 nitrogen and oxygen atoms in total. The molecular weight excluding hydrogens is 446 g/mol. The predicted molar refractivity (Wildman–Crippen MR) is 132 cm³/mol. The minimum Gasteiger partial charge on any atom is -0.487 e. The van der Waals surface area contributed by atoms with E-state index >= 15 is 0 Å². The Kier molecular flexibility index (Phi) is 6.45. The van der Waals surface area contributed by atoms with Gasteiger partial charge in [-0.1, -0.05) is 12.1 Å². The topological polar surface area (TPSA) is 80.3 Å². The average molecular weight is 480 g/mol. The van der Waals surface area contributed by atoms with Crippen molar-refractivity contribution in [1.82, 2.24) is 10.2 Å². The molecule has 1 saturated heterocycles. The number of urea groups is 1. The molecule has 0 aliphatic carbocycles. The van der Waals surface area contributed by atoms with Gasteiger partial charge < -0.3 is 24.4 Å². The number of piperidine rings is 1. The van der Waals surface area contributed by atoms with Gasteiger partial charge in [0.15, 0.2) is 11.5 Å². The number of anilines is 1. The van der Waals surface area contributed by atoms with E-state index in [1.165, 1.54) is 0 Å². The molecule has 0 spiro atoms. The first-order chi connectivity index (χ1) is 16.9. The minimum absolute atomic E-state index is 0.0181. The molecule has 3 aliphatic heterocycles. The van der Waals surface area contributed by atoms with Crippen LogP contribution in [0.4, 0.5) is 10.5 Å². The number of carbonyl (C=O) groups is 2. The molecule has 3 amide bonds. The van der Waals surface area contributed by atoms with Crippen LogP contribution in [0.1, 0.15) is 43.9 Å². The molecule has 0 aromatic heterocycles. The van der Waals surface area contributed by atoms with Crippen LogP contribution in [0.15, 0.2) is 36.4 Å². The van der Waals surface area contributed by atoms with Crippen LogP contribution >= 0.6 is 0 Å². The van der Waals surface area contributed by atoms with Crippen molar-refractivity contribution in [1.29, 1.82) is 0 Å². The lowest BCUT2D eigenvalue weighted by atomic mass is 9.95. The Morgan fingerprint density at radius 3 is 2.49 bits per heavy atom. The summed E-state index contributed by atoms with van der Waals surface area (Å²) < 4.78 is 17.2. The third kappa shape index (κ3) is 4.88. The predicted octanol–water partition coefficient (Wildman–Crippen LogP) is 4.06. The van der Waals surface area contributed by atoms with Crippen LogP contribution < -0.4 is 24.4 Å². The van der Waals surface area contributed by atoms with Crippen molar-refractivity contribution in [2.24, 2.45) is 5.92 Å². The van der Waals surface area contributed by atoms with Gasteiger partial charge in [0.1, 0.15) is 25.1 Å². The smallest absolute Gasteiger partial charge is 0.324 e. The highest BCUT2D eigenvalue weighted by molar-refractivity contribution is 5.94. The summed E-state index contributed by atoms with van der Waals surface area (Å²) in [5, 5.41) is 3.14. The summed E-state index contributed by atoms with van der Waals surface area (Å²) in [5.41, 5.74) is 2.88. The molecule has 0 saturated carbocycles. The van der Waals surface area contributed by atoms with Gasteiger partial charge in [0, 0.05) is 19.0 Å². The highest BCUT2D eigenvalue weighted by Crippen LogP contribution is 2.36. The Morgan fingerprint density at radius 2 is 1.71 bits per heavy atom. The number of benzene rings is 2. The normalized spacial score (nSPS) is 20.5. The lowest BCUT2D eigenvalue weighted by Crippen LogP contribution is -2.52. The number of hydrogen-bond donors (Lipinski definition) is 1. The zero-order valence-corrected chi connectivity index (χ0v) is 20.6. The fourth-order valence-electron chi connectivity index (χ4n) is 4.98. The summed E-state index contributed by atoms with van der Waals surface area (Å²) >= 11 is 0. The van der Waals surface area contributed by atoms with Crippen molar-refractivity contribution in [3.05, 3.63) is 47.5 Å². The lowest BCUT2D eigenvalue weighted by molar-refractivity contribution is -0.126. The van der Waals surface area contributed by atoms with Gasteiger partial charge in [-0.05, 0) is 69.0 Å². The van der Waals surface area contributed by atoms with Gasteiger partial charge in [-0.15, -0.1) is 0 Å². The van der Waals surface area contributed by atoms with Gasteiger partial charge in [-0.25, -0.2) is 4.79 Å². The molecule has 186 valence electrons. The first kappa shape index (κ1) is 23.3. The van der Waals surface area contributed by atoms with Crippen LogP contribution in [0.3, 0.4) is 0 Å². The Morgan fingerprint density at radius 1 is 1.00 bits per heavy atom. The van der Waals surface area contributed by atoms with Crippen molar-refractivity contribution in [3.8, 4) is 17.2 Å². The number of fused-ring (bicyclic) bond motifs is 2. The molecule has 8 heteroatoms. The Labute approximate surface area is 206 Å². The minimum atomic E-state index is -0.146. The summed E-state index contributed by atoms with van der Waals surface area (Å²) in [5.74, 6) is 2.11. The molecule has 2 aromatic carbocycles. The molecule has 1 N–H and O–H groups in total. The van der Waals surface area contributed by atoms with E-state index in [-0.39, 0.29) is 30.0 Å². The van der Waals surface area contributed by atoms with Gasteiger partial charge in [0.25, 0.3) is 0 Å². The average Bonchev–Trinajstić information content (AvgIpc) is 2.87. The third-order valence-electron chi connectivity index (χ3n) is 6.97. The van der Waals surface area contributed by atoms with E-state index in [4.69, 9.17) is 14.2 Å². The summed E-state index contributed by atoms with van der Waals surface area (Å²) in [6, 6.07) is 11.5. The number of hydrogen-bond acceptors (Lipinski definition) is 5. The number of amides is 3. The second kappa shape index (κ2) is 9.68. The SMILES string of the molecule is Cc1ccc2c(c1)N(C(=O)N1CCC(C(=O)NC(C)c3ccc4c(c3)OCCO4)CC1)CC(C)O2. The van der Waals surface area contributed by atoms with Gasteiger partial charge >= 0.3 is 6.03 Å². The van der Waals surface area contributed by atoms with E-state index in [2.05, 4.69) is 5.32 Å². The largest absolute Gasteiger partial charge is 0.487 e. The van der Waals surface area contributed by atoms with E-state index in [1.54, 1.807) is 0 Å². The number of likely N-dealkylation sites (tertiary alicyclic amines) is 1. The summed E-state index contributed by atoms with van der Waals surface area (Å²) in [6.07, 6.45) is 1.22. The molecule has 2 aromatic rings. The number of aryl methyl sites for hydroxylation is 1. The Hall–Kier alpha value is -3.42. The van der Waals surface area contributed by atoms with Crippen molar-refractivity contribution in [2.75, 3.05) is 37.7 Å². The number of nitrogens with zero attached hydrogens (tertiary/aromatic N) is 2. The first-order valence-corrected chi connectivity index (χ1v) is 12.4. The summed E-state index contributed by atoms with van der Waals surface area (Å²) in [4.78, 5) is 30.1. The molecule has 3 heterocycles. The van der Waals surface area contributed by atoms with Gasteiger partial charge in [0.2, 0.25) is 5.91 Å². The number of carbonyl (C=O) groups excluding carboxylic acids is 2. The third-order valence-corrected chi connectivity index (χ3v) is 6.97. The van der Waals surface area contributed by atoms with E-state index < -0.39 is 0 Å². The Bertz CT molecular complexity index is 1110. The monoisotopic (exact) mass is 479 g/mol. The summed E-state index contributed by atoms with van der Waals surface area (Å²) in [7, 11) is 0. The van der Waals surface area contributed by atoms with E-state index in [0.717, 1.165) is 34.1 Å². The van der Waals surface area contributed by atoms with Gasteiger partial charge in [0.05, 0.1) is 18.3 Å². The fourth-order valence-corrected chi connectivity index (χ4v) is 4.98. The molecule has 2 atom stereocenters. The molecule has 1 fully saturated rings. The van der Waals surface area contributed by atoms with E-state index in [9.17, 15) is 9.59 Å². The van der Waals surface area contributed by atoms with Crippen LogP contribution in [0.25, 0.3) is 0 Å². The number of ether oxygens (including phenoxy) is 3. The zero-order valence-electron chi connectivity index (χ0n) is 20.6. The molecule has 5 rings (SSSR count). The van der Waals surface area contributed by atoms with Crippen molar-refractivity contribution >= 4 is 17.6 Å². The highest BCUT2D eigenvalue weighted by Gasteiger charge is 2.34.